The SMILES string of the molecule is CNC(=O)[C@]1(CC(=O)N(C)C)CC[C@@H](Nc2ncc3c(Br)nn(-c4cc(F)c5ncccc5c4)c3n2)C1. The molecule has 0 saturated heterocycles. The van der Waals surface area contributed by atoms with Crippen LogP contribution in [0.15, 0.2) is 41.3 Å². The molecule has 1 aliphatic rings. The van der Waals surface area contributed by atoms with Gasteiger partial charge in [0.05, 0.1) is 16.5 Å². The van der Waals surface area contributed by atoms with E-state index in [4.69, 9.17) is 0 Å². The van der Waals surface area contributed by atoms with Crippen molar-refractivity contribution in [1.29, 1.82) is 0 Å². The second kappa shape index (κ2) is 9.66. The Balaban J connectivity index is 1.45. The Morgan fingerprint density at radius 3 is 2.86 bits per heavy atom. The minimum absolute atomic E-state index is 0.0894. The minimum atomic E-state index is -0.792. The summed E-state index contributed by atoms with van der Waals surface area (Å²) in [5, 5.41) is 11.9. The highest BCUT2D eigenvalue weighted by molar-refractivity contribution is 9.10. The largest absolute Gasteiger partial charge is 0.359 e. The number of benzene rings is 1. The molecule has 1 aromatic carbocycles. The van der Waals surface area contributed by atoms with Crippen molar-refractivity contribution in [3.8, 4) is 5.69 Å². The fraction of sp³-hybridized carbons (Fsp3) is 0.360. The summed E-state index contributed by atoms with van der Waals surface area (Å²) in [7, 11) is 4.96. The van der Waals surface area contributed by atoms with E-state index in [0.29, 0.717) is 51.9 Å². The van der Waals surface area contributed by atoms with E-state index in [2.05, 4.69) is 46.6 Å². The fourth-order valence-corrected chi connectivity index (χ4v) is 5.40. The number of nitrogens with one attached hydrogen (secondary N) is 2. The zero-order chi connectivity index (χ0) is 26.3. The van der Waals surface area contributed by atoms with Gasteiger partial charge in [0.2, 0.25) is 17.8 Å². The molecule has 3 heterocycles. The van der Waals surface area contributed by atoms with Crippen LogP contribution in [-0.2, 0) is 9.59 Å². The third kappa shape index (κ3) is 4.61. The van der Waals surface area contributed by atoms with Crippen molar-refractivity contribution >= 4 is 55.6 Å². The molecule has 2 atom stereocenters. The Labute approximate surface area is 220 Å². The molecule has 2 N–H and O–H groups in total. The summed E-state index contributed by atoms with van der Waals surface area (Å²) < 4.78 is 16.9. The van der Waals surface area contributed by atoms with Crippen LogP contribution in [0.25, 0.3) is 27.6 Å². The maximum Gasteiger partial charge on any atom is 0.226 e. The van der Waals surface area contributed by atoms with E-state index in [1.807, 2.05) is 0 Å². The summed E-state index contributed by atoms with van der Waals surface area (Å²) >= 11 is 3.45. The Hall–Kier alpha value is -3.67. The number of rotatable bonds is 6. The highest BCUT2D eigenvalue weighted by Gasteiger charge is 2.46. The molecule has 1 saturated carbocycles. The first-order valence-corrected chi connectivity index (χ1v) is 12.6. The minimum Gasteiger partial charge on any atom is -0.359 e. The second-order valence-electron chi connectivity index (χ2n) is 9.54. The molecule has 4 aromatic rings. The van der Waals surface area contributed by atoms with Crippen molar-refractivity contribution < 1.29 is 14.0 Å². The summed E-state index contributed by atoms with van der Waals surface area (Å²) in [6.45, 7) is 0. The summed E-state index contributed by atoms with van der Waals surface area (Å²) in [5.74, 6) is -0.323. The van der Waals surface area contributed by atoms with E-state index < -0.39 is 11.2 Å². The van der Waals surface area contributed by atoms with Crippen LogP contribution in [0.1, 0.15) is 25.7 Å². The lowest BCUT2D eigenvalue weighted by Gasteiger charge is -2.28. The Morgan fingerprint density at radius 2 is 2.11 bits per heavy atom. The lowest BCUT2D eigenvalue weighted by molar-refractivity contribution is -0.139. The van der Waals surface area contributed by atoms with Gasteiger partial charge in [0.15, 0.2) is 11.5 Å². The number of pyridine rings is 1. The number of nitrogens with zero attached hydrogens (tertiary/aromatic N) is 6. The maximum atomic E-state index is 14.8. The normalized spacial score (nSPS) is 19.3. The van der Waals surface area contributed by atoms with E-state index in [-0.39, 0.29) is 29.8 Å². The van der Waals surface area contributed by atoms with Crippen LogP contribution in [0.2, 0.25) is 0 Å². The lowest BCUT2D eigenvalue weighted by atomic mass is 9.81. The van der Waals surface area contributed by atoms with E-state index >= 15 is 0 Å². The van der Waals surface area contributed by atoms with Crippen LogP contribution in [0.5, 0.6) is 0 Å². The Bertz CT molecular complexity index is 1520. The number of aromatic nitrogens is 5. The molecule has 3 aromatic heterocycles. The topological polar surface area (TPSA) is 118 Å². The van der Waals surface area contributed by atoms with Crippen molar-refractivity contribution in [2.45, 2.75) is 31.7 Å². The molecule has 12 heteroatoms. The molecule has 37 heavy (non-hydrogen) atoms. The van der Waals surface area contributed by atoms with Crippen LogP contribution < -0.4 is 10.6 Å². The van der Waals surface area contributed by atoms with Crippen LogP contribution in [0.4, 0.5) is 10.3 Å². The van der Waals surface area contributed by atoms with Crippen LogP contribution in [0.3, 0.4) is 0 Å². The molecule has 1 aliphatic carbocycles. The summed E-state index contributed by atoms with van der Waals surface area (Å²) in [6, 6.07) is 6.61. The lowest BCUT2D eigenvalue weighted by Crippen LogP contribution is -2.42. The van der Waals surface area contributed by atoms with Gasteiger partial charge in [-0.1, -0.05) is 6.07 Å². The molecule has 0 aliphatic heterocycles. The number of halogens is 2. The Kier molecular flexibility index (Phi) is 6.52. The molecule has 192 valence electrons. The van der Waals surface area contributed by atoms with Crippen molar-refractivity contribution in [2.24, 2.45) is 5.41 Å². The standard InChI is InChI=1S/C25H26BrFN8O2/c1-28-23(37)25(12-19(36)34(2)3)7-6-15(11-25)31-24-30-13-17-21(26)33-35(22(17)32-24)16-9-14-5-4-8-29-20(14)18(27)10-16/h4-5,8-10,13,15H,6-7,11-12H2,1-3H3,(H,28,37)(H,30,31,32)/t15-,25-/m1/s1. The molecular formula is C25H26BrFN8O2. The van der Waals surface area contributed by atoms with E-state index in [0.717, 1.165) is 0 Å². The Morgan fingerprint density at radius 1 is 1.30 bits per heavy atom. The van der Waals surface area contributed by atoms with Crippen molar-refractivity contribution in [3.05, 3.63) is 47.1 Å². The van der Waals surface area contributed by atoms with Gasteiger partial charge in [-0.15, -0.1) is 0 Å². The molecule has 10 nitrogen and oxygen atoms in total. The van der Waals surface area contributed by atoms with Crippen molar-refractivity contribution in [1.82, 2.24) is 34.9 Å². The number of hydrogen-bond acceptors (Lipinski definition) is 7. The summed E-state index contributed by atoms with van der Waals surface area (Å²) in [6.07, 6.45) is 5.06. The molecule has 0 spiro atoms. The van der Waals surface area contributed by atoms with Crippen molar-refractivity contribution in [2.75, 3.05) is 26.5 Å². The number of anilines is 1. The second-order valence-corrected chi connectivity index (χ2v) is 10.3. The zero-order valence-corrected chi connectivity index (χ0v) is 22.2. The predicted octanol–water partition coefficient (Wildman–Crippen LogP) is 3.44. The first kappa shape index (κ1) is 25.0. The highest BCUT2D eigenvalue weighted by atomic mass is 79.9. The van der Waals surface area contributed by atoms with Gasteiger partial charge in [0, 0.05) is 57.5 Å². The van der Waals surface area contributed by atoms with Gasteiger partial charge in [0.25, 0.3) is 0 Å². The van der Waals surface area contributed by atoms with Gasteiger partial charge in [0.1, 0.15) is 10.1 Å². The van der Waals surface area contributed by atoms with Crippen molar-refractivity contribution in [3.63, 3.8) is 0 Å². The van der Waals surface area contributed by atoms with E-state index in [1.54, 1.807) is 56.4 Å². The number of fused-ring (bicyclic) bond motifs is 2. The quantitative estimate of drug-likeness (QED) is 0.365. The van der Waals surface area contributed by atoms with Gasteiger partial charge in [-0.2, -0.15) is 10.1 Å². The van der Waals surface area contributed by atoms with Gasteiger partial charge >= 0.3 is 0 Å². The molecule has 1 fully saturated rings. The van der Waals surface area contributed by atoms with E-state index in [1.165, 1.54) is 11.0 Å². The predicted molar refractivity (Wildman–Crippen MR) is 141 cm³/mol. The average molecular weight is 569 g/mol. The zero-order valence-electron chi connectivity index (χ0n) is 20.6. The first-order valence-electron chi connectivity index (χ1n) is 11.9. The van der Waals surface area contributed by atoms with Gasteiger partial charge in [-0.05, 0) is 47.3 Å². The third-order valence-corrected chi connectivity index (χ3v) is 7.49. The maximum absolute atomic E-state index is 14.8. The number of hydrogen-bond donors (Lipinski definition) is 2. The molecule has 0 unspecified atom stereocenters. The van der Waals surface area contributed by atoms with Crippen LogP contribution in [0, 0.1) is 11.2 Å². The average Bonchev–Trinajstić information content (AvgIpc) is 3.44. The third-order valence-electron chi connectivity index (χ3n) is 6.91. The van der Waals surface area contributed by atoms with Gasteiger partial charge < -0.3 is 15.5 Å². The van der Waals surface area contributed by atoms with Gasteiger partial charge in [-0.25, -0.2) is 14.1 Å². The number of carbonyl (C=O) groups is 2. The van der Waals surface area contributed by atoms with E-state index in [9.17, 15) is 14.0 Å². The van der Waals surface area contributed by atoms with Crippen LogP contribution >= 0.6 is 15.9 Å². The molecule has 2 amide bonds. The fourth-order valence-electron chi connectivity index (χ4n) is 4.97. The number of amides is 2. The number of carbonyl (C=O) groups excluding carboxylic acids is 2. The first-order chi connectivity index (χ1) is 17.7. The van der Waals surface area contributed by atoms with Crippen LogP contribution in [-0.4, -0.2) is 68.6 Å². The summed E-state index contributed by atoms with van der Waals surface area (Å²) in [4.78, 5) is 40.0. The van der Waals surface area contributed by atoms with Gasteiger partial charge in [-0.3, -0.25) is 14.6 Å². The highest BCUT2D eigenvalue weighted by Crippen LogP contribution is 2.43. The molecular weight excluding hydrogens is 543 g/mol. The molecule has 0 radical (unpaired) electrons. The smallest absolute Gasteiger partial charge is 0.226 e. The monoisotopic (exact) mass is 568 g/mol. The molecule has 5 rings (SSSR count). The molecule has 0 bridgehead atoms. The summed E-state index contributed by atoms with van der Waals surface area (Å²) in [5.41, 5.74) is 0.483.